The zero-order chi connectivity index (χ0) is 24.5. The van der Waals surface area contributed by atoms with Crippen LogP contribution in [-0.4, -0.2) is 71.9 Å². The zero-order valence-electron chi connectivity index (χ0n) is 20.0. The van der Waals surface area contributed by atoms with Crippen molar-refractivity contribution in [2.24, 2.45) is 11.8 Å². The Kier molecular flexibility index (Phi) is 6.87. The first-order valence-corrected chi connectivity index (χ1v) is 12.0. The third-order valence-corrected chi connectivity index (χ3v) is 7.48. The standard InChI is InChI=1S/C25H34N2O7/c1-4-33-23(31)19-18-22(30)27(14-6-5-7-15-28)20(25(18)13-12-24(19,2)34-25)21(29)26-16-8-10-17(32-3)11-9-16/h8-11,18-20,28H,4-7,12-15H2,1-3H3,(H,26,29)/t18-,19+,20?,24-,25?/m0/s1. The largest absolute Gasteiger partial charge is 0.497 e. The van der Waals surface area contributed by atoms with Crippen LogP contribution in [0.3, 0.4) is 0 Å². The number of ether oxygens (including phenoxy) is 3. The second-order valence-corrected chi connectivity index (χ2v) is 9.51. The molecule has 3 fully saturated rings. The van der Waals surface area contributed by atoms with Crippen molar-refractivity contribution in [3.05, 3.63) is 24.3 Å². The van der Waals surface area contributed by atoms with Gasteiger partial charge in [-0.25, -0.2) is 0 Å². The van der Waals surface area contributed by atoms with E-state index in [0.29, 0.717) is 43.7 Å². The topological polar surface area (TPSA) is 114 Å². The van der Waals surface area contributed by atoms with E-state index in [1.165, 1.54) is 0 Å². The van der Waals surface area contributed by atoms with Crippen molar-refractivity contribution in [2.75, 3.05) is 32.2 Å². The summed E-state index contributed by atoms with van der Waals surface area (Å²) in [6, 6.07) is 6.12. The van der Waals surface area contributed by atoms with Crippen LogP contribution in [0.1, 0.15) is 46.0 Å². The molecule has 9 nitrogen and oxygen atoms in total. The molecule has 0 saturated carbocycles. The van der Waals surface area contributed by atoms with Crippen LogP contribution in [0, 0.1) is 11.8 Å². The lowest BCUT2D eigenvalue weighted by atomic mass is 9.66. The molecule has 186 valence electrons. The normalized spacial score (nSPS) is 31.5. The number of fused-ring (bicyclic) bond motifs is 1. The van der Waals surface area contributed by atoms with Crippen molar-refractivity contribution in [1.29, 1.82) is 0 Å². The number of hydrogen-bond acceptors (Lipinski definition) is 7. The number of methoxy groups -OCH3 is 1. The molecule has 2 N–H and O–H groups in total. The number of aliphatic hydroxyl groups is 1. The van der Waals surface area contributed by atoms with Crippen LogP contribution < -0.4 is 10.1 Å². The summed E-state index contributed by atoms with van der Waals surface area (Å²) in [6.07, 6.45) is 3.08. The van der Waals surface area contributed by atoms with E-state index in [2.05, 4.69) is 5.32 Å². The molecule has 0 aromatic heterocycles. The maximum atomic E-state index is 13.7. The lowest BCUT2D eigenvalue weighted by Gasteiger charge is -2.33. The average molecular weight is 475 g/mol. The Hall–Kier alpha value is -2.65. The van der Waals surface area contributed by atoms with Gasteiger partial charge in [-0.3, -0.25) is 14.4 Å². The number of hydrogen-bond donors (Lipinski definition) is 2. The summed E-state index contributed by atoms with van der Waals surface area (Å²) < 4.78 is 17.0. The van der Waals surface area contributed by atoms with Gasteiger partial charge in [0.05, 0.1) is 25.2 Å². The second kappa shape index (κ2) is 9.54. The predicted molar refractivity (Wildman–Crippen MR) is 123 cm³/mol. The molecule has 2 bridgehead atoms. The Morgan fingerprint density at radius 3 is 2.59 bits per heavy atom. The van der Waals surface area contributed by atoms with Crippen LogP contribution in [0.15, 0.2) is 24.3 Å². The molecular formula is C25H34N2O7. The Balaban J connectivity index is 1.65. The Morgan fingerprint density at radius 2 is 1.94 bits per heavy atom. The highest BCUT2D eigenvalue weighted by molar-refractivity contribution is 6.03. The number of rotatable bonds is 10. The molecule has 1 aromatic carbocycles. The van der Waals surface area contributed by atoms with Crippen molar-refractivity contribution < 1.29 is 33.7 Å². The van der Waals surface area contributed by atoms with E-state index >= 15 is 0 Å². The van der Waals surface area contributed by atoms with Gasteiger partial charge in [-0.2, -0.15) is 0 Å². The summed E-state index contributed by atoms with van der Waals surface area (Å²) in [5.74, 6) is -1.85. The smallest absolute Gasteiger partial charge is 0.312 e. The summed E-state index contributed by atoms with van der Waals surface area (Å²) >= 11 is 0. The summed E-state index contributed by atoms with van der Waals surface area (Å²) in [4.78, 5) is 41.9. The van der Waals surface area contributed by atoms with E-state index in [-0.39, 0.29) is 25.0 Å². The van der Waals surface area contributed by atoms with Gasteiger partial charge in [0.2, 0.25) is 11.8 Å². The number of benzene rings is 1. The first-order valence-electron chi connectivity index (χ1n) is 12.0. The van der Waals surface area contributed by atoms with E-state index in [4.69, 9.17) is 19.3 Å². The van der Waals surface area contributed by atoms with Crippen molar-refractivity contribution in [3.8, 4) is 5.75 Å². The highest BCUT2D eigenvalue weighted by atomic mass is 16.6. The van der Waals surface area contributed by atoms with Gasteiger partial charge in [0.1, 0.15) is 23.3 Å². The van der Waals surface area contributed by atoms with Gasteiger partial charge < -0.3 is 29.5 Å². The number of esters is 1. The highest BCUT2D eigenvalue weighted by Gasteiger charge is 2.78. The van der Waals surface area contributed by atoms with Crippen molar-refractivity contribution in [3.63, 3.8) is 0 Å². The highest BCUT2D eigenvalue weighted by Crippen LogP contribution is 2.63. The molecule has 0 radical (unpaired) electrons. The third-order valence-electron chi connectivity index (χ3n) is 7.48. The molecule has 3 aliphatic heterocycles. The minimum Gasteiger partial charge on any atom is -0.497 e. The van der Waals surface area contributed by atoms with E-state index in [0.717, 1.165) is 6.42 Å². The summed E-state index contributed by atoms with van der Waals surface area (Å²) in [5.41, 5.74) is -1.33. The molecule has 1 spiro atoms. The van der Waals surface area contributed by atoms with E-state index in [1.807, 2.05) is 6.92 Å². The average Bonchev–Trinajstić information content (AvgIpc) is 3.38. The quantitative estimate of drug-likeness (QED) is 0.394. The zero-order valence-corrected chi connectivity index (χ0v) is 20.0. The summed E-state index contributed by atoms with van der Waals surface area (Å²) in [5, 5.41) is 12.1. The van der Waals surface area contributed by atoms with Crippen LogP contribution in [0.5, 0.6) is 5.75 Å². The predicted octanol–water partition coefficient (Wildman–Crippen LogP) is 2.12. The number of carbonyl (C=O) groups is 3. The first-order chi connectivity index (χ1) is 16.3. The lowest BCUT2D eigenvalue weighted by Crippen LogP contribution is -2.53. The maximum absolute atomic E-state index is 13.7. The van der Waals surface area contributed by atoms with Crippen LogP contribution in [0.2, 0.25) is 0 Å². The minimum absolute atomic E-state index is 0.0777. The third kappa shape index (κ3) is 3.94. The lowest BCUT2D eigenvalue weighted by molar-refractivity contribution is -0.158. The van der Waals surface area contributed by atoms with Crippen molar-refractivity contribution in [1.82, 2.24) is 4.90 Å². The summed E-state index contributed by atoms with van der Waals surface area (Å²) in [7, 11) is 1.57. The van der Waals surface area contributed by atoms with E-state index in [9.17, 15) is 14.4 Å². The van der Waals surface area contributed by atoms with E-state index < -0.39 is 35.0 Å². The molecular weight excluding hydrogens is 440 g/mol. The molecule has 2 amide bonds. The molecule has 4 rings (SSSR count). The molecule has 3 heterocycles. The number of amides is 2. The van der Waals surface area contributed by atoms with Crippen LogP contribution in [-0.2, 0) is 23.9 Å². The number of unbranched alkanes of at least 4 members (excludes halogenated alkanes) is 2. The minimum atomic E-state index is -1.07. The van der Waals surface area contributed by atoms with Crippen molar-refractivity contribution >= 4 is 23.5 Å². The van der Waals surface area contributed by atoms with Crippen LogP contribution in [0.4, 0.5) is 5.69 Å². The Labute approximate surface area is 199 Å². The second-order valence-electron chi connectivity index (χ2n) is 9.51. The van der Waals surface area contributed by atoms with Gasteiger partial charge in [-0.1, -0.05) is 0 Å². The molecule has 9 heteroatoms. The van der Waals surface area contributed by atoms with Crippen LogP contribution >= 0.6 is 0 Å². The molecule has 1 aromatic rings. The Morgan fingerprint density at radius 1 is 1.21 bits per heavy atom. The molecule has 5 atom stereocenters. The molecule has 2 unspecified atom stereocenters. The SMILES string of the molecule is CCOC(=O)[C@H]1[C@H]2C(=O)N(CCCCCO)C(C(=O)Nc3ccc(OC)cc3)C23CC[C@]1(C)O3. The molecule has 3 saturated heterocycles. The summed E-state index contributed by atoms with van der Waals surface area (Å²) in [6.45, 7) is 4.23. The first kappa shape index (κ1) is 24.5. The van der Waals surface area contributed by atoms with Gasteiger partial charge in [0.25, 0.3) is 0 Å². The molecule has 34 heavy (non-hydrogen) atoms. The fourth-order valence-corrected chi connectivity index (χ4v) is 6.01. The fraction of sp³-hybridized carbons (Fsp3) is 0.640. The van der Waals surface area contributed by atoms with Crippen molar-refractivity contribution in [2.45, 2.75) is 63.2 Å². The molecule has 0 aliphatic carbocycles. The molecule has 3 aliphatic rings. The number of nitrogens with zero attached hydrogens (tertiary/aromatic N) is 1. The van der Waals surface area contributed by atoms with E-state index in [1.54, 1.807) is 43.2 Å². The maximum Gasteiger partial charge on any atom is 0.312 e. The van der Waals surface area contributed by atoms with Gasteiger partial charge in [0.15, 0.2) is 0 Å². The van der Waals surface area contributed by atoms with Crippen LogP contribution in [0.25, 0.3) is 0 Å². The monoisotopic (exact) mass is 474 g/mol. The van der Waals surface area contributed by atoms with Gasteiger partial charge in [-0.05, 0) is 70.2 Å². The fourth-order valence-electron chi connectivity index (χ4n) is 6.01. The number of aliphatic hydroxyl groups excluding tert-OH is 1. The number of anilines is 1. The number of nitrogens with one attached hydrogen (secondary N) is 1. The Bertz CT molecular complexity index is 936. The van der Waals surface area contributed by atoms with Gasteiger partial charge in [0, 0.05) is 18.8 Å². The van der Waals surface area contributed by atoms with Gasteiger partial charge in [-0.15, -0.1) is 0 Å². The van der Waals surface area contributed by atoms with Gasteiger partial charge >= 0.3 is 5.97 Å². The number of carbonyl (C=O) groups excluding carboxylic acids is 3. The number of likely N-dealkylation sites (tertiary alicyclic amines) is 1.